The largest absolute Gasteiger partial charge is 0.481 e. The second-order valence-electron chi connectivity index (χ2n) is 3.70. The van der Waals surface area contributed by atoms with Crippen LogP contribution in [0, 0.1) is 0 Å². The SMILES string of the molecule is CCc1nnc(NC(=O)N(C)CCCC(=O)O)s1. The molecule has 0 aliphatic heterocycles. The molecular formula is C10H16N4O3S. The number of urea groups is 1. The molecular weight excluding hydrogens is 256 g/mol. The van der Waals surface area contributed by atoms with Crippen molar-refractivity contribution in [2.24, 2.45) is 0 Å². The summed E-state index contributed by atoms with van der Waals surface area (Å²) in [6, 6.07) is -0.306. The molecule has 2 amide bonds. The molecule has 100 valence electrons. The number of carboxylic acid groups (broad SMARTS) is 1. The van der Waals surface area contributed by atoms with Crippen molar-refractivity contribution in [2.45, 2.75) is 26.2 Å². The Morgan fingerprint density at radius 3 is 2.72 bits per heavy atom. The van der Waals surface area contributed by atoms with Gasteiger partial charge in [-0.15, -0.1) is 10.2 Å². The van der Waals surface area contributed by atoms with E-state index in [1.807, 2.05) is 6.92 Å². The van der Waals surface area contributed by atoms with Crippen LogP contribution < -0.4 is 5.32 Å². The van der Waals surface area contributed by atoms with Gasteiger partial charge in [0.25, 0.3) is 0 Å². The molecule has 0 aliphatic rings. The van der Waals surface area contributed by atoms with E-state index in [-0.39, 0.29) is 12.5 Å². The van der Waals surface area contributed by atoms with Crippen LogP contribution in [0.5, 0.6) is 0 Å². The summed E-state index contributed by atoms with van der Waals surface area (Å²) in [6.45, 7) is 2.35. The van der Waals surface area contributed by atoms with Crippen molar-refractivity contribution in [3.05, 3.63) is 5.01 Å². The Morgan fingerprint density at radius 2 is 2.17 bits per heavy atom. The number of aromatic nitrogens is 2. The zero-order valence-corrected chi connectivity index (χ0v) is 11.2. The Hall–Kier alpha value is -1.70. The normalized spacial score (nSPS) is 10.1. The smallest absolute Gasteiger partial charge is 0.323 e. The average Bonchev–Trinajstić information content (AvgIpc) is 2.76. The van der Waals surface area contributed by atoms with Gasteiger partial charge in [-0.25, -0.2) is 4.79 Å². The lowest BCUT2D eigenvalue weighted by molar-refractivity contribution is -0.137. The van der Waals surface area contributed by atoms with E-state index in [1.165, 1.54) is 16.2 Å². The highest BCUT2D eigenvalue weighted by molar-refractivity contribution is 7.15. The molecule has 18 heavy (non-hydrogen) atoms. The van der Waals surface area contributed by atoms with Gasteiger partial charge in [-0.1, -0.05) is 18.3 Å². The van der Waals surface area contributed by atoms with E-state index in [9.17, 15) is 9.59 Å². The van der Waals surface area contributed by atoms with E-state index >= 15 is 0 Å². The molecule has 7 nitrogen and oxygen atoms in total. The number of aryl methyl sites for hydroxylation is 1. The predicted octanol–water partition coefficient (Wildman–Crippen LogP) is 1.43. The van der Waals surface area contributed by atoms with Gasteiger partial charge in [0.15, 0.2) is 0 Å². The number of nitrogens with zero attached hydrogens (tertiary/aromatic N) is 3. The molecule has 1 aromatic heterocycles. The lowest BCUT2D eigenvalue weighted by Crippen LogP contribution is -2.32. The predicted molar refractivity (Wildman–Crippen MR) is 67.8 cm³/mol. The molecule has 0 fully saturated rings. The number of rotatable bonds is 6. The number of amides is 2. The van der Waals surface area contributed by atoms with Crippen LogP contribution in [0.3, 0.4) is 0 Å². The summed E-state index contributed by atoms with van der Waals surface area (Å²) in [5.74, 6) is -0.861. The quantitative estimate of drug-likeness (QED) is 0.816. The van der Waals surface area contributed by atoms with Gasteiger partial charge < -0.3 is 10.0 Å². The minimum absolute atomic E-state index is 0.0520. The first-order valence-corrected chi connectivity index (χ1v) is 6.41. The molecule has 1 rings (SSSR count). The van der Waals surface area contributed by atoms with Gasteiger partial charge in [0, 0.05) is 20.0 Å². The highest BCUT2D eigenvalue weighted by Gasteiger charge is 2.11. The average molecular weight is 272 g/mol. The molecule has 0 radical (unpaired) electrons. The van der Waals surface area contributed by atoms with Crippen LogP contribution in [-0.2, 0) is 11.2 Å². The molecule has 0 spiro atoms. The zero-order valence-electron chi connectivity index (χ0n) is 10.3. The van der Waals surface area contributed by atoms with Gasteiger partial charge in [0.1, 0.15) is 5.01 Å². The van der Waals surface area contributed by atoms with E-state index in [0.29, 0.717) is 18.1 Å². The number of anilines is 1. The van der Waals surface area contributed by atoms with Crippen LogP contribution in [0.25, 0.3) is 0 Å². The highest BCUT2D eigenvalue weighted by atomic mass is 32.1. The van der Waals surface area contributed by atoms with Crippen molar-refractivity contribution in [1.29, 1.82) is 0 Å². The molecule has 0 saturated carbocycles. The Kier molecular flexibility index (Phi) is 5.50. The molecule has 0 atom stereocenters. The van der Waals surface area contributed by atoms with Crippen LogP contribution in [0.4, 0.5) is 9.93 Å². The van der Waals surface area contributed by atoms with Crippen LogP contribution in [-0.4, -0.2) is 45.8 Å². The number of carbonyl (C=O) groups excluding carboxylic acids is 1. The van der Waals surface area contributed by atoms with E-state index in [1.54, 1.807) is 7.05 Å². The van der Waals surface area contributed by atoms with Gasteiger partial charge >= 0.3 is 12.0 Å². The monoisotopic (exact) mass is 272 g/mol. The van der Waals surface area contributed by atoms with Gasteiger partial charge in [-0.3, -0.25) is 10.1 Å². The van der Waals surface area contributed by atoms with Gasteiger partial charge in [-0.2, -0.15) is 0 Å². The summed E-state index contributed by atoms with van der Waals surface area (Å²) in [7, 11) is 1.61. The minimum atomic E-state index is -0.861. The van der Waals surface area contributed by atoms with Crippen molar-refractivity contribution in [1.82, 2.24) is 15.1 Å². The third kappa shape index (κ3) is 4.66. The highest BCUT2D eigenvalue weighted by Crippen LogP contribution is 2.15. The fourth-order valence-corrected chi connectivity index (χ4v) is 1.87. The second kappa shape index (κ2) is 6.90. The third-order valence-electron chi connectivity index (χ3n) is 2.21. The molecule has 0 unspecified atom stereocenters. The molecule has 0 aromatic carbocycles. The molecule has 1 heterocycles. The summed E-state index contributed by atoms with van der Waals surface area (Å²) in [5, 5.41) is 20.2. The van der Waals surface area contributed by atoms with Crippen molar-refractivity contribution in [2.75, 3.05) is 18.9 Å². The number of carboxylic acids is 1. The Morgan fingerprint density at radius 1 is 1.44 bits per heavy atom. The van der Waals surface area contributed by atoms with Crippen molar-refractivity contribution in [3.63, 3.8) is 0 Å². The van der Waals surface area contributed by atoms with Crippen molar-refractivity contribution >= 4 is 28.5 Å². The summed E-state index contributed by atoms with van der Waals surface area (Å²) >= 11 is 1.33. The lowest BCUT2D eigenvalue weighted by Gasteiger charge is -2.15. The lowest BCUT2D eigenvalue weighted by atomic mass is 10.3. The maximum Gasteiger partial charge on any atom is 0.323 e. The number of carbonyl (C=O) groups is 2. The number of hydrogen-bond acceptors (Lipinski definition) is 5. The summed E-state index contributed by atoms with van der Waals surface area (Å²) < 4.78 is 0. The second-order valence-corrected chi connectivity index (χ2v) is 4.77. The Labute approximate surface area is 109 Å². The molecule has 2 N–H and O–H groups in total. The third-order valence-corrected chi connectivity index (χ3v) is 3.20. The van der Waals surface area contributed by atoms with Gasteiger partial charge in [0.05, 0.1) is 0 Å². The molecule has 1 aromatic rings. The minimum Gasteiger partial charge on any atom is -0.481 e. The van der Waals surface area contributed by atoms with Crippen LogP contribution in [0.15, 0.2) is 0 Å². The summed E-state index contributed by atoms with van der Waals surface area (Å²) in [6.07, 6.45) is 1.26. The topological polar surface area (TPSA) is 95.4 Å². The van der Waals surface area contributed by atoms with E-state index in [2.05, 4.69) is 15.5 Å². The fraction of sp³-hybridized carbons (Fsp3) is 0.600. The van der Waals surface area contributed by atoms with Crippen molar-refractivity contribution in [3.8, 4) is 0 Å². The molecule has 0 aliphatic carbocycles. The summed E-state index contributed by atoms with van der Waals surface area (Å²) in [5.41, 5.74) is 0. The Balaban J connectivity index is 2.37. The summed E-state index contributed by atoms with van der Waals surface area (Å²) in [4.78, 5) is 23.5. The van der Waals surface area contributed by atoms with E-state index in [0.717, 1.165) is 11.4 Å². The van der Waals surface area contributed by atoms with Crippen molar-refractivity contribution < 1.29 is 14.7 Å². The molecule has 0 saturated heterocycles. The molecule has 8 heteroatoms. The number of hydrogen-bond donors (Lipinski definition) is 2. The van der Waals surface area contributed by atoms with Gasteiger partial charge in [0.2, 0.25) is 5.13 Å². The first-order valence-electron chi connectivity index (χ1n) is 5.59. The fourth-order valence-electron chi connectivity index (χ4n) is 1.20. The zero-order chi connectivity index (χ0) is 13.5. The Bertz CT molecular complexity index is 421. The van der Waals surface area contributed by atoms with Crippen LogP contribution >= 0.6 is 11.3 Å². The van der Waals surface area contributed by atoms with Gasteiger partial charge in [-0.05, 0) is 12.8 Å². The van der Waals surface area contributed by atoms with E-state index in [4.69, 9.17) is 5.11 Å². The standard InChI is InChI=1S/C10H16N4O3S/c1-3-7-12-13-9(18-7)11-10(17)14(2)6-4-5-8(15)16/h3-6H2,1-2H3,(H,15,16)(H,11,13,17). The number of aliphatic carboxylic acids is 1. The molecule has 0 bridgehead atoms. The maximum atomic E-state index is 11.7. The maximum absolute atomic E-state index is 11.7. The number of nitrogens with one attached hydrogen (secondary N) is 1. The van der Waals surface area contributed by atoms with Crippen LogP contribution in [0.1, 0.15) is 24.8 Å². The first-order chi connectivity index (χ1) is 8.52. The van der Waals surface area contributed by atoms with E-state index < -0.39 is 5.97 Å². The van der Waals surface area contributed by atoms with Crippen LogP contribution in [0.2, 0.25) is 0 Å². The first kappa shape index (κ1) is 14.4.